The van der Waals surface area contributed by atoms with Gasteiger partial charge >= 0.3 is 0 Å². The second-order valence-electron chi connectivity index (χ2n) is 5.60. The first-order valence-corrected chi connectivity index (χ1v) is 7.56. The number of phenols is 1. The summed E-state index contributed by atoms with van der Waals surface area (Å²) in [7, 11) is 0. The van der Waals surface area contributed by atoms with E-state index in [1.54, 1.807) is 12.1 Å². The van der Waals surface area contributed by atoms with E-state index in [1.165, 1.54) is 23.9 Å². The van der Waals surface area contributed by atoms with Crippen LogP contribution in [0.25, 0.3) is 0 Å². The molecule has 0 saturated carbocycles. The number of phenolic OH excluding ortho intramolecular Hbond substituents is 1. The van der Waals surface area contributed by atoms with E-state index >= 15 is 0 Å². The lowest BCUT2D eigenvalue weighted by atomic mass is 10.0. The van der Waals surface area contributed by atoms with Crippen molar-refractivity contribution in [3.05, 3.63) is 65.9 Å². The summed E-state index contributed by atoms with van der Waals surface area (Å²) in [6, 6.07) is 15.8. The van der Waals surface area contributed by atoms with Crippen LogP contribution in [0.4, 0.5) is 11.4 Å². The van der Waals surface area contributed by atoms with Gasteiger partial charge < -0.3 is 15.7 Å². The zero-order valence-corrected chi connectivity index (χ0v) is 13.6. The van der Waals surface area contributed by atoms with Crippen molar-refractivity contribution in [1.29, 1.82) is 5.26 Å². The molecule has 24 heavy (non-hydrogen) atoms. The van der Waals surface area contributed by atoms with Crippen molar-refractivity contribution in [2.24, 2.45) is 0 Å². The van der Waals surface area contributed by atoms with Gasteiger partial charge in [0, 0.05) is 23.6 Å². The minimum Gasteiger partial charge on any atom is -0.508 e. The van der Waals surface area contributed by atoms with Crippen LogP contribution in [0.3, 0.4) is 0 Å². The number of nitrogens with zero attached hydrogens (tertiary/aromatic N) is 1. The molecule has 0 aliphatic carbocycles. The average Bonchev–Trinajstić information content (AvgIpc) is 2.56. The van der Waals surface area contributed by atoms with Gasteiger partial charge in [0.2, 0.25) is 0 Å². The SMILES string of the molecule is CC(C)c1ccc(NC(=O)/C(C#N)=C\Nc2cccc(O)c2)cc1. The Morgan fingerprint density at radius 3 is 2.46 bits per heavy atom. The molecule has 2 rings (SSSR count). The van der Waals surface area contributed by atoms with Gasteiger partial charge in [0.05, 0.1) is 0 Å². The molecule has 5 heteroatoms. The van der Waals surface area contributed by atoms with Crippen molar-refractivity contribution in [1.82, 2.24) is 0 Å². The number of hydrogen-bond donors (Lipinski definition) is 3. The van der Waals surface area contributed by atoms with Crippen LogP contribution < -0.4 is 10.6 Å². The van der Waals surface area contributed by atoms with Crippen molar-refractivity contribution >= 4 is 17.3 Å². The van der Waals surface area contributed by atoms with Crippen molar-refractivity contribution in [2.75, 3.05) is 10.6 Å². The van der Waals surface area contributed by atoms with E-state index < -0.39 is 5.91 Å². The maximum atomic E-state index is 12.2. The minimum atomic E-state index is -0.498. The molecule has 122 valence electrons. The molecule has 0 aromatic heterocycles. The summed E-state index contributed by atoms with van der Waals surface area (Å²) >= 11 is 0. The van der Waals surface area contributed by atoms with E-state index in [4.69, 9.17) is 5.26 Å². The average molecular weight is 321 g/mol. The highest BCUT2D eigenvalue weighted by atomic mass is 16.3. The molecule has 0 spiro atoms. The number of carbonyl (C=O) groups excluding carboxylic acids is 1. The van der Waals surface area contributed by atoms with Crippen molar-refractivity contribution < 1.29 is 9.90 Å². The Bertz CT molecular complexity index is 787. The highest BCUT2D eigenvalue weighted by molar-refractivity contribution is 6.06. The Morgan fingerprint density at radius 2 is 1.88 bits per heavy atom. The fourth-order valence-corrected chi connectivity index (χ4v) is 2.05. The maximum Gasteiger partial charge on any atom is 0.267 e. The van der Waals surface area contributed by atoms with Gasteiger partial charge in [-0.2, -0.15) is 5.26 Å². The molecule has 0 atom stereocenters. The zero-order chi connectivity index (χ0) is 17.5. The van der Waals surface area contributed by atoms with Crippen molar-refractivity contribution in [3.8, 4) is 11.8 Å². The van der Waals surface area contributed by atoms with Crippen molar-refractivity contribution in [3.63, 3.8) is 0 Å². The van der Waals surface area contributed by atoms with Gasteiger partial charge in [0.1, 0.15) is 17.4 Å². The topological polar surface area (TPSA) is 85.2 Å². The standard InChI is InChI=1S/C19H19N3O2/c1-13(2)14-6-8-16(9-7-14)22-19(24)15(11-20)12-21-17-4-3-5-18(23)10-17/h3-10,12-13,21,23H,1-2H3,(H,22,24)/b15-12-. The number of aromatic hydroxyl groups is 1. The first-order valence-electron chi connectivity index (χ1n) is 7.56. The van der Waals surface area contributed by atoms with E-state index in [2.05, 4.69) is 24.5 Å². The summed E-state index contributed by atoms with van der Waals surface area (Å²) in [4.78, 5) is 12.2. The number of rotatable bonds is 5. The maximum absolute atomic E-state index is 12.2. The minimum absolute atomic E-state index is 0.0636. The Hall–Kier alpha value is -3.26. The number of nitriles is 1. The predicted molar refractivity (Wildman–Crippen MR) is 94.6 cm³/mol. The summed E-state index contributed by atoms with van der Waals surface area (Å²) in [5, 5.41) is 24.1. The van der Waals surface area contributed by atoms with E-state index in [0.717, 1.165) is 0 Å². The van der Waals surface area contributed by atoms with Crippen LogP contribution in [0, 0.1) is 11.3 Å². The Balaban J connectivity index is 2.05. The third-order valence-corrected chi connectivity index (χ3v) is 3.43. The smallest absolute Gasteiger partial charge is 0.267 e. The lowest BCUT2D eigenvalue weighted by Gasteiger charge is -2.08. The molecule has 0 heterocycles. The molecule has 0 unspecified atom stereocenters. The number of nitrogens with one attached hydrogen (secondary N) is 2. The molecule has 1 amide bonds. The zero-order valence-electron chi connectivity index (χ0n) is 13.6. The predicted octanol–water partition coefficient (Wildman–Crippen LogP) is 3.97. The van der Waals surface area contributed by atoms with Gasteiger partial charge in [0.15, 0.2) is 0 Å². The molecule has 3 N–H and O–H groups in total. The van der Waals surface area contributed by atoms with Crippen LogP contribution in [0.2, 0.25) is 0 Å². The third kappa shape index (κ3) is 4.62. The highest BCUT2D eigenvalue weighted by Gasteiger charge is 2.09. The summed E-state index contributed by atoms with van der Waals surface area (Å²) in [5.74, 6) is 0.0138. The van der Waals surface area contributed by atoms with E-state index in [1.807, 2.05) is 30.3 Å². The van der Waals surface area contributed by atoms with Crippen LogP contribution in [-0.2, 0) is 4.79 Å². The Labute approximate surface area is 141 Å². The fourth-order valence-electron chi connectivity index (χ4n) is 2.05. The summed E-state index contributed by atoms with van der Waals surface area (Å²) in [5.41, 5.74) is 2.32. The number of amides is 1. The van der Waals surface area contributed by atoms with Crippen LogP contribution in [0.1, 0.15) is 25.3 Å². The second kappa shape index (κ2) is 7.84. The lowest BCUT2D eigenvalue weighted by Crippen LogP contribution is -2.14. The molecule has 0 bridgehead atoms. The van der Waals surface area contributed by atoms with E-state index in [9.17, 15) is 9.90 Å². The Morgan fingerprint density at radius 1 is 1.17 bits per heavy atom. The normalized spacial score (nSPS) is 11.0. The van der Waals surface area contributed by atoms with Gasteiger partial charge in [-0.3, -0.25) is 4.79 Å². The third-order valence-electron chi connectivity index (χ3n) is 3.43. The lowest BCUT2D eigenvalue weighted by molar-refractivity contribution is -0.112. The Kier molecular flexibility index (Phi) is 5.58. The first kappa shape index (κ1) is 17.1. The van der Waals surface area contributed by atoms with Gasteiger partial charge in [-0.05, 0) is 35.7 Å². The first-order chi connectivity index (χ1) is 11.5. The quantitative estimate of drug-likeness (QED) is 0.574. The second-order valence-corrected chi connectivity index (χ2v) is 5.60. The fraction of sp³-hybridized carbons (Fsp3) is 0.158. The number of benzene rings is 2. The molecular formula is C19H19N3O2. The summed E-state index contributed by atoms with van der Waals surface area (Å²) in [6.45, 7) is 4.19. The van der Waals surface area contributed by atoms with Crippen LogP contribution in [0.15, 0.2) is 60.3 Å². The molecule has 0 aliphatic heterocycles. The van der Waals surface area contributed by atoms with Gasteiger partial charge in [-0.1, -0.05) is 32.0 Å². The molecule has 0 fully saturated rings. The highest BCUT2D eigenvalue weighted by Crippen LogP contribution is 2.18. The van der Waals surface area contributed by atoms with Gasteiger partial charge in [-0.25, -0.2) is 0 Å². The molecule has 5 nitrogen and oxygen atoms in total. The molecule has 0 saturated heterocycles. The number of anilines is 2. The summed E-state index contributed by atoms with van der Waals surface area (Å²) < 4.78 is 0. The van der Waals surface area contributed by atoms with E-state index in [0.29, 0.717) is 17.3 Å². The van der Waals surface area contributed by atoms with Crippen LogP contribution in [-0.4, -0.2) is 11.0 Å². The molecule has 0 aliphatic rings. The molecular weight excluding hydrogens is 302 g/mol. The van der Waals surface area contributed by atoms with Gasteiger partial charge in [0.25, 0.3) is 5.91 Å². The van der Waals surface area contributed by atoms with Crippen LogP contribution in [0.5, 0.6) is 5.75 Å². The van der Waals surface area contributed by atoms with E-state index in [-0.39, 0.29) is 11.3 Å². The molecule has 2 aromatic rings. The molecule has 0 radical (unpaired) electrons. The van der Waals surface area contributed by atoms with Crippen LogP contribution >= 0.6 is 0 Å². The largest absolute Gasteiger partial charge is 0.508 e. The monoisotopic (exact) mass is 321 g/mol. The van der Waals surface area contributed by atoms with Crippen molar-refractivity contribution in [2.45, 2.75) is 19.8 Å². The molecule has 2 aromatic carbocycles. The number of carbonyl (C=O) groups is 1. The number of hydrogen-bond acceptors (Lipinski definition) is 4. The van der Waals surface area contributed by atoms with Gasteiger partial charge in [-0.15, -0.1) is 0 Å². The summed E-state index contributed by atoms with van der Waals surface area (Å²) in [6.07, 6.45) is 1.31.